The van der Waals surface area contributed by atoms with Crippen LogP contribution in [-0.2, 0) is 4.74 Å². The Bertz CT molecular complexity index is 307. The molecule has 1 aliphatic rings. The number of likely N-dealkylation sites (N-methyl/N-ethyl adjacent to an activating group) is 1. The first kappa shape index (κ1) is 19.2. The van der Waals surface area contributed by atoms with Gasteiger partial charge in [-0.1, -0.05) is 39.5 Å². The van der Waals surface area contributed by atoms with Gasteiger partial charge in [-0.05, 0) is 19.4 Å². The van der Waals surface area contributed by atoms with E-state index in [-0.39, 0.29) is 6.10 Å². The molecule has 1 aliphatic heterocycles. The van der Waals surface area contributed by atoms with Crippen LogP contribution in [0.15, 0.2) is 4.99 Å². The van der Waals surface area contributed by atoms with Gasteiger partial charge in [0.25, 0.3) is 0 Å². The summed E-state index contributed by atoms with van der Waals surface area (Å²) >= 11 is 0. The van der Waals surface area contributed by atoms with Gasteiger partial charge in [-0.15, -0.1) is 0 Å². The number of nitrogens with zero attached hydrogens (tertiary/aromatic N) is 2. The predicted octanol–water partition coefficient (Wildman–Crippen LogP) is 2.09. The number of guanidine groups is 1. The smallest absolute Gasteiger partial charge is 0.191 e. The Hall–Kier alpha value is -0.810. The summed E-state index contributed by atoms with van der Waals surface area (Å²) in [5.41, 5.74) is 0. The first-order valence-electron chi connectivity index (χ1n) is 8.86. The number of nitrogens with one attached hydrogen (secondary N) is 2. The molecule has 0 aromatic carbocycles. The van der Waals surface area contributed by atoms with Gasteiger partial charge in [0.05, 0.1) is 12.7 Å². The molecular weight excluding hydrogens is 276 g/mol. The summed E-state index contributed by atoms with van der Waals surface area (Å²) in [4.78, 5) is 6.58. The fourth-order valence-corrected chi connectivity index (χ4v) is 2.66. The molecule has 130 valence electrons. The van der Waals surface area contributed by atoms with Crippen molar-refractivity contribution in [3.05, 3.63) is 0 Å². The molecule has 22 heavy (non-hydrogen) atoms. The lowest BCUT2D eigenvalue weighted by Gasteiger charge is -2.30. The third-order valence-corrected chi connectivity index (χ3v) is 4.06. The Morgan fingerprint density at radius 1 is 1.23 bits per heavy atom. The van der Waals surface area contributed by atoms with Crippen LogP contribution in [-0.4, -0.2) is 63.8 Å². The van der Waals surface area contributed by atoms with Crippen molar-refractivity contribution in [3.63, 3.8) is 0 Å². The van der Waals surface area contributed by atoms with Crippen LogP contribution in [0, 0.1) is 5.92 Å². The number of hydrogen-bond donors (Lipinski definition) is 2. The summed E-state index contributed by atoms with van der Waals surface area (Å²) in [5.74, 6) is 1.72. The summed E-state index contributed by atoms with van der Waals surface area (Å²) < 4.78 is 5.75. The van der Waals surface area contributed by atoms with Gasteiger partial charge >= 0.3 is 0 Å². The van der Waals surface area contributed by atoms with Gasteiger partial charge in [-0.2, -0.15) is 0 Å². The molecule has 1 saturated heterocycles. The van der Waals surface area contributed by atoms with E-state index >= 15 is 0 Å². The van der Waals surface area contributed by atoms with Crippen molar-refractivity contribution >= 4 is 5.96 Å². The zero-order chi connectivity index (χ0) is 16.2. The number of unbranched alkanes of at least 4 members (excludes halogenated alkanes) is 3. The lowest BCUT2D eigenvalue weighted by atomic mass is 10.0. The molecule has 0 bridgehead atoms. The lowest BCUT2D eigenvalue weighted by molar-refractivity contribution is -0.0161. The largest absolute Gasteiger partial charge is 0.374 e. The van der Waals surface area contributed by atoms with E-state index in [1.165, 1.54) is 32.1 Å². The zero-order valence-corrected chi connectivity index (χ0v) is 15.0. The third-order valence-electron chi connectivity index (χ3n) is 4.06. The average Bonchev–Trinajstić information content (AvgIpc) is 2.49. The normalized spacial score (nSPS) is 20.4. The van der Waals surface area contributed by atoms with Crippen molar-refractivity contribution in [1.29, 1.82) is 0 Å². The Labute approximate surface area is 136 Å². The lowest BCUT2D eigenvalue weighted by Crippen LogP contribution is -2.48. The van der Waals surface area contributed by atoms with Crippen LogP contribution in [0.3, 0.4) is 0 Å². The molecule has 0 aliphatic carbocycles. The molecule has 1 heterocycles. The highest BCUT2D eigenvalue weighted by molar-refractivity contribution is 5.79. The molecule has 2 N–H and O–H groups in total. The molecule has 5 heteroatoms. The third kappa shape index (κ3) is 9.26. The number of aliphatic imine (C=N–C) groups is 1. The van der Waals surface area contributed by atoms with E-state index in [1.54, 1.807) is 0 Å². The molecule has 1 atom stereocenters. The second-order valence-electron chi connectivity index (χ2n) is 6.73. The number of rotatable bonds is 9. The van der Waals surface area contributed by atoms with Crippen molar-refractivity contribution in [1.82, 2.24) is 15.5 Å². The van der Waals surface area contributed by atoms with Gasteiger partial charge in [0.15, 0.2) is 5.96 Å². The molecule has 0 aromatic heterocycles. The minimum Gasteiger partial charge on any atom is -0.374 e. The SMILES string of the molecule is CN=C(NCCCCCCC(C)C)NCC1CN(C)CCO1. The minimum atomic E-state index is 0.258. The monoisotopic (exact) mass is 312 g/mol. The van der Waals surface area contributed by atoms with Crippen LogP contribution in [0.2, 0.25) is 0 Å². The zero-order valence-electron chi connectivity index (χ0n) is 15.0. The van der Waals surface area contributed by atoms with E-state index in [9.17, 15) is 0 Å². The Kier molecular flexibility index (Phi) is 10.2. The minimum absolute atomic E-state index is 0.258. The maximum absolute atomic E-state index is 5.75. The van der Waals surface area contributed by atoms with Crippen molar-refractivity contribution < 1.29 is 4.74 Å². The highest BCUT2D eigenvalue weighted by Gasteiger charge is 2.17. The topological polar surface area (TPSA) is 48.9 Å². The van der Waals surface area contributed by atoms with E-state index in [2.05, 4.69) is 41.4 Å². The number of morpholine rings is 1. The molecule has 0 radical (unpaired) electrons. The van der Waals surface area contributed by atoms with E-state index < -0.39 is 0 Å². The summed E-state index contributed by atoms with van der Waals surface area (Å²) in [6.45, 7) is 9.24. The van der Waals surface area contributed by atoms with E-state index in [0.717, 1.165) is 44.7 Å². The van der Waals surface area contributed by atoms with Crippen LogP contribution in [0.25, 0.3) is 0 Å². The van der Waals surface area contributed by atoms with Gasteiger partial charge in [0.1, 0.15) is 0 Å². The fraction of sp³-hybridized carbons (Fsp3) is 0.941. The Balaban J connectivity index is 2.02. The highest BCUT2D eigenvalue weighted by Crippen LogP contribution is 2.08. The van der Waals surface area contributed by atoms with Crippen LogP contribution >= 0.6 is 0 Å². The molecule has 0 spiro atoms. The standard InChI is InChI=1S/C17H36N4O/c1-15(2)9-7-5-6-8-10-19-17(18-3)20-13-16-14-21(4)11-12-22-16/h15-16H,5-14H2,1-4H3,(H2,18,19,20). The molecule has 1 unspecified atom stereocenters. The summed E-state index contributed by atoms with van der Waals surface area (Å²) in [6, 6.07) is 0. The van der Waals surface area contributed by atoms with Crippen molar-refractivity contribution in [3.8, 4) is 0 Å². The molecule has 0 aromatic rings. The molecule has 0 amide bonds. The maximum atomic E-state index is 5.75. The molecular formula is C17H36N4O. The highest BCUT2D eigenvalue weighted by atomic mass is 16.5. The second kappa shape index (κ2) is 11.7. The van der Waals surface area contributed by atoms with Gasteiger partial charge < -0.3 is 20.3 Å². The van der Waals surface area contributed by atoms with Gasteiger partial charge in [0.2, 0.25) is 0 Å². The fourth-order valence-electron chi connectivity index (χ4n) is 2.66. The van der Waals surface area contributed by atoms with Crippen LogP contribution in [0.1, 0.15) is 46.0 Å². The van der Waals surface area contributed by atoms with E-state index in [0.29, 0.717) is 0 Å². The van der Waals surface area contributed by atoms with Gasteiger partial charge in [0, 0.05) is 33.2 Å². The Morgan fingerprint density at radius 3 is 2.68 bits per heavy atom. The van der Waals surface area contributed by atoms with E-state index in [1.807, 2.05) is 7.05 Å². The first-order chi connectivity index (χ1) is 10.6. The number of hydrogen-bond acceptors (Lipinski definition) is 3. The summed E-state index contributed by atoms with van der Waals surface area (Å²) in [7, 11) is 3.97. The molecule has 0 saturated carbocycles. The first-order valence-corrected chi connectivity index (χ1v) is 8.86. The van der Waals surface area contributed by atoms with Crippen molar-refractivity contribution in [2.45, 2.75) is 52.1 Å². The van der Waals surface area contributed by atoms with Crippen molar-refractivity contribution in [2.75, 3.05) is 46.9 Å². The van der Waals surface area contributed by atoms with Crippen LogP contribution < -0.4 is 10.6 Å². The maximum Gasteiger partial charge on any atom is 0.191 e. The Morgan fingerprint density at radius 2 is 2.00 bits per heavy atom. The van der Waals surface area contributed by atoms with Gasteiger partial charge in [-0.25, -0.2) is 0 Å². The molecule has 1 fully saturated rings. The van der Waals surface area contributed by atoms with Gasteiger partial charge in [-0.3, -0.25) is 4.99 Å². The van der Waals surface area contributed by atoms with Crippen molar-refractivity contribution in [2.24, 2.45) is 10.9 Å². The quantitative estimate of drug-likeness (QED) is 0.389. The van der Waals surface area contributed by atoms with E-state index in [4.69, 9.17) is 4.74 Å². The second-order valence-corrected chi connectivity index (χ2v) is 6.73. The average molecular weight is 313 g/mol. The molecule has 1 rings (SSSR count). The van der Waals surface area contributed by atoms with Crippen LogP contribution in [0.5, 0.6) is 0 Å². The van der Waals surface area contributed by atoms with Crippen LogP contribution in [0.4, 0.5) is 0 Å². The summed E-state index contributed by atoms with van der Waals surface area (Å²) in [5, 5.41) is 6.75. The number of ether oxygens (including phenoxy) is 1. The predicted molar refractivity (Wildman–Crippen MR) is 94.5 cm³/mol. The molecule has 5 nitrogen and oxygen atoms in total. The summed E-state index contributed by atoms with van der Waals surface area (Å²) in [6.07, 6.45) is 6.82.